The largest absolute Gasteiger partial charge is 0.489 e. The third-order valence-electron chi connectivity index (χ3n) is 5.33. The number of rotatable bonds is 7. The van der Waals surface area contributed by atoms with E-state index in [1.165, 1.54) is 11.3 Å². The number of hydrogen-bond donors (Lipinski definition) is 2. The second-order valence-corrected chi connectivity index (χ2v) is 9.22. The summed E-state index contributed by atoms with van der Waals surface area (Å²) >= 11 is 6.83. The molecule has 0 radical (unpaired) electrons. The van der Waals surface area contributed by atoms with Crippen LogP contribution < -0.4 is 15.4 Å². The molecule has 0 aliphatic rings. The highest BCUT2D eigenvalue weighted by molar-refractivity contribution is 7.80. The van der Waals surface area contributed by atoms with Gasteiger partial charge in [0.1, 0.15) is 17.4 Å². The second-order valence-electron chi connectivity index (χ2n) is 7.86. The van der Waals surface area contributed by atoms with Crippen molar-refractivity contribution in [3.63, 3.8) is 0 Å². The van der Waals surface area contributed by atoms with Crippen molar-refractivity contribution in [1.82, 2.24) is 25.1 Å². The van der Waals surface area contributed by atoms with Gasteiger partial charge in [-0.05, 0) is 54.2 Å². The Morgan fingerprint density at radius 1 is 1.03 bits per heavy atom. The van der Waals surface area contributed by atoms with Crippen LogP contribution in [0.5, 0.6) is 5.75 Å². The van der Waals surface area contributed by atoms with E-state index in [0.29, 0.717) is 17.9 Å². The molecule has 0 spiro atoms. The number of nitrogens with one attached hydrogen (secondary N) is 2. The van der Waals surface area contributed by atoms with E-state index in [-0.39, 0.29) is 11.0 Å². The number of nitrogens with zero attached hydrogens (tertiary/aromatic N) is 4. The van der Waals surface area contributed by atoms with Crippen molar-refractivity contribution in [3.8, 4) is 16.3 Å². The van der Waals surface area contributed by atoms with Crippen LogP contribution in [-0.4, -0.2) is 30.8 Å². The minimum Gasteiger partial charge on any atom is -0.489 e. The maximum absolute atomic E-state index is 12.7. The molecule has 1 amide bonds. The van der Waals surface area contributed by atoms with E-state index in [9.17, 15) is 4.79 Å². The van der Waals surface area contributed by atoms with Crippen molar-refractivity contribution >= 4 is 45.2 Å². The minimum atomic E-state index is -0.306. The van der Waals surface area contributed by atoms with E-state index in [1.807, 2.05) is 61.5 Å². The minimum absolute atomic E-state index is 0.202. The zero-order valence-electron chi connectivity index (χ0n) is 19.3. The summed E-state index contributed by atoms with van der Waals surface area (Å²) in [6.07, 6.45) is 0.753. The summed E-state index contributed by atoms with van der Waals surface area (Å²) in [5, 5.41) is 19.7. The molecular formula is C26H22N6O2S2. The number of benzene rings is 3. The highest BCUT2D eigenvalue weighted by Crippen LogP contribution is 2.27. The van der Waals surface area contributed by atoms with Gasteiger partial charge in [0.15, 0.2) is 10.9 Å². The van der Waals surface area contributed by atoms with Gasteiger partial charge < -0.3 is 10.1 Å². The molecule has 3 aromatic carbocycles. The monoisotopic (exact) mass is 514 g/mol. The molecule has 0 unspecified atom stereocenters. The number of thiocarbonyl (C=S) groups is 1. The number of fused-ring (bicyclic) bond motifs is 1. The molecule has 5 aromatic rings. The van der Waals surface area contributed by atoms with Gasteiger partial charge >= 0.3 is 0 Å². The molecule has 0 atom stereocenters. The SMILES string of the molecule is CCc1nnc2sc(-c3cccc(NC(=S)NC(=O)c4ccc(OCc5ccccc5)cc4)c3)nn12. The first-order valence-electron chi connectivity index (χ1n) is 11.3. The van der Waals surface area contributed by atoms with Crippen LogP contribution in [0.3, 0.4) is 0 Å². The molecular weight excluding hydrogens is 492 g/mol. The molecule has 0 saturated heterocycles. The average molecular weight is 515 g/mol. The summed E-state index contributed by atoms with van der Waals surface area (Å²) in [6, 6.07) is 24.5. The lowest BCUT2D eigenvalue weighted by molar-refractivity contribution is 0.0977. The molecule has 0 saturated carbocycles. The van der Waals surface area contributed by atoms with Gasteiger partial charge in [0.25, 0.3) is 5.91 Å². The molecule has 0 aliphatic carbocycles. The van der Waals surface area contributed by atoms with Crippen molar-refractivity contribution in [2.45, 2.75) is 20.0 Å². The predicted molar refractivity (Wildman–Crippen MR) is 144 cm³/mol. The third-order valence-corrected chi connectivity index (χ3v) is 6.48. The lowest BCUT2D eigenvalue weighted by Gasteiger charge is -2.11. The van der Waals surface area contributed by atoms with Crippen LogP contribution in [0.25, 0.3) is 15.5 Å². The van der Waals surface area contributed by atoms with Crippen LogP contribution in [-0.2, 0) is 13.0 Å². The van der Waals surface area contributed by atoms with E-state index in [4.69, 9.17) is 17.0 Å². The number of aryl methyl sites for hydroxylation is 1. The number of hydrogen-bond acceptors (Lipinski definition) is 7. The Morgan fingerprint density at radius 2 is 1.83 bits per heavy atom. The van der Waals surface area contributed by atoms with Crippen LogP contribution in [0.4, 0.5) is 5.69 Å². The van der Waals surface area contributed by atoms with Crippen molar-refractivity contribution in [1.29, 1.82) is 0 Å². The first-order chi connectivity index (χ1) is 17.6. The van der Waals surface area contributed by atoms with Gasteiger partial charge in [-0.15, -0.1) is 10.2 Å². The number of amides is 1. The topological polar surface area (TPSA) is 93.4 Å². The number of aromatic nitrogens is 4. The van der Waals surface area contributed by atoms with Crippen molar-refractivity contribution < 1.29 is 9.53 Å². The van der Waals surface area contributed by atoms with E-state index in [0.717, 1.165) is 39.0 Å². The summed E-state index contributed by atoms with van der Waals surface area (Å²) in [5.74, 6) is 1.20. The molecule has 5 rings (SSSR count). The molecule has 0 aliphatic heterocycles. The van der Waals surface area contributed by atoms with Crippen LogP contribution in [0.2, 0.25) is 0 Å². The van der Waals surface area contributed by atoms with Crippen LogP contribution >= 0.6 is 23.6 Å². The normalized spacial score (nSPS) is 10.8. The maximum Gasteiger partial charge on any atom is 0.257 e. The number of ether oxygens (including phenoxy) is 1. The van der Waals surface area contributed by atoms with Gasteiger partial charge in [-0.2, -0.15) is 9.61 Å². The highest BCUT2D eigenvalue weighted by atomic mass is 32.1. The summed E-state index contributed by atoms with van der Waals surface area (Å²) in [4.78, 5) is 13.4. The number of anilines is 1. The van der Waals surface area contributed by atoms with E-state index < -0.39 is 0 Å². The first kappa shape index (κ1) is 23.6. The van der Waals surface area contributed by atoms with Crippen LogP contribution in [0.15, 0.2) is 78.9 Å². The standard InChI is InChI=1S/C26H22N6O2S2/c1-2-22-29-30-26-32(22)31-24(36-26)19-9-6-10-20(15-19)27-25(35)28-23(33)18-11-13-21(14-12-18)34-16-17-7-4-3-5-8-17/h3-15H,2,16H2,1H3,(H2,27,28,33,35). The van der Waals surface area contributed by atoms with Gasteiger partial charge in [0.2, 0.25) is 4.96 Å². The molecule has 2 aromatic heterocycles. The molecule has 8 nitrogen and oxygen atoms in total. The Morgan fingerprint density at radius 3 is 2.61 bits per heavy atom. The smallest absolute Gasteiger partial charge is 0.257 e. The molecule has 36 heavy (non-hydrogen) atoms. The van der Waals surface area contributed by atoms with Crippen molar-refractivity contribution in [2.75, 3.05) is 5.32 Å². The molecule has 2 N–H and O–H groups in total. The fourth-order valence-electron chi connectivity index (χ4n) is 3.51. The number of carbonyl (C=O) groups is 1. The van der Waals surface area contributed by atoms with E-state index in [2.05, 4.69) is 25.9 Å². The lowest BCUT2D eigenvalue weighted by atomic mass is 10.2. The fourth-order valence-corrected chi connectivity index (χ4v) is 4.57. The van der Waals surface area contributed by atoms with Crippen molar-refractivity contribution in [3.05, 3.63) is 95.8 Å². The summed E-state index contributed by atoms with van der Waals surface area (Å²) in [6.45, 7) is 2.48. The predicted octanol–water partition coefficient (Wildman–Crippen LogP) is 5.12. The Labute approximate surface area is 217 Å². The third kappa shape index (κ3) is 5.40. The Bertz CT molecular complexity index is 1510. The maximum atomic E-state index is 12.7. The van der Waals surface area contributed by atoms with Gasteiger partial charge in [0.05, 0.1) is 0 Å². The quantitative estimate of drug-likeness (QED) is 0.291. The first-order valence-corrected chi connectivity index (χ1v) is 12.5. The Kier molecular flexibility index (Phi) is 6.96. The molecule has 0 fully saturated rings. The van der Waals surface area contributed by atoms with Gasteiger partial charge in [-0.1, -0.05) is 60.7 Å². The van der Waals surface area contributed by atoms with E-state index >= 15 is 0 Å². The zero-order valence-corrected chi connectivity index (χ0v) is 21.0. The Balaban J connectivity index is 1.19. The summed E-state index contributed by atoms with van der Waals surface area (Å²) in [5.41, 5.74) is 3.21. The van der Waals surface area contributed by atoms with E-state index in [1.54, 1.807) is 28.8 Å². The van der Waals surface area contributed by atoms with Crippen LogP contribution in [0, 0.1) is 0 Å². The second kappa shape index (κ2) is 10.6. The average Bonchev–Trinajstić information content (AvgIpc) is 3.49. The Hall–Kier alpha value is -4.15. The molecule has 10 heteroatoms. The molecule has 180 valence electrons. The summed E-state index contributed by atoms with van der Waals surface area (Å²) < 4.78 is 7.55. The van der Waals surface area contributed by atoms with Gasteiger partial charge in [0, 0.05) is 23.2 Å². The van der Waals surface area contributed by atoms with Crippen LogP contribution in [0.1, 0.15) is 28.7 Å². The molecule has 0 bridgehead atoms. The zero-order chi connectivity index (χ0) is 24.9. The molecule has 2 heterocycles. The van der Waals surface area contributed by atoms with Gasteiger partial charge in [-0.25, -0.2) is 0 Å². The fraction of sp³-hybridized carbons (Fsp3) is 0.115. The number of carbonyl (C=O) groups excluding carboxylic acids is 1. The van der Waals surface area contributed by atoms with Crippen molar-refractivity contribution in [2.24, 2.45) is 0 Å². The lowest BCUT2D eigenvalue weighted by Crippen LogP contribution is -2.34. The highest BCUT2D eigenvalue weighted by Gasteiger charge is 2.13. The summed E-state index contributed by atoms with van der Waals surface area (Å²) in [7, 11) is 0. The van der Waals surface area contributed by atoms with Gasteiger partial charge in [-0.3, -0.25) is 10.1 Å².